The van der Waals surface area contributed by atoms with E-state index in [1.807, 2.05) is 17.1 Å². The molecular formula is C22H24N2O3. The molecule has 0 N–H and O–H groups in total. The van der Waals surface area contributed by atoms with Crippen molar-refractivity contribution in [3.05, 3.63) is 59.7 Å². The van der Waals surface area contributed by atoms with Crippen LogP contribution >= 0.6 is 0 Å². The van der Waals surface area contributed by atoms with Gasteiger partial charge in [-0.15, -0.1) is 0 Å². The van der Waals surface area contributed by atoms with Crippen LogP contribution in [-0.2, 0) is 4.79 Å². The summed E-state index contributed by atoms with van der Waals surface area (Å²) in [5, 5.41) is 0. The zero-order valence-electron chi connectivity index (χ0n) is 15.9. The Morgan fingerprint density at radius 2 is 1.67 bits per heavy atom. The van der Waals surface area contributed by atoms with Gasteiger partial charge < -0.3 is 4.90 Å². The third-order valence-corrected chi connectivity index (χ3v) is 6.02. The molecule has 0 aromatic heterocycles. The Labute approximate surface area is 159 Å². The highest BCUT2D eigenvalue weighted by atomic mass is 16.2. The van der Waals surface area contributed by atoms with Crippen molar-refractivity contribution >= 4 is 17.7 Å². The van der Waals surface area contributed by atoms with Crippen molar-refractivity contribution in [2.75, 3.05) is 6.54 Å². The average Bonchev–Trinajstić information content (AvgIpc) is 2.86. The van der Waals surface area contributed by atoms with E-state index in [-0.39, 0.29) is 41.8 Å². The Kier molecular flexibility index (Phi) is 4.06. The normalized spacial score (nSPS) is 28.3. The molecular weight excluding hydrogens is 340 g/mol. The summed E-state index contributed by atoms with van der Waals surface area (Å²) in [7, 11) is 0. The van der Waals surface area contributed by atoms with Crippen LogP contribution in [0.5, 0.6) is 0 Å². The minimum Gasteiger partial charge on any atom is -0.329 e. The number of carbonyl (C=O) groups is 3. The van der Waals surface area contributed by atoms with Gasteiger partial charge in [0.25, 0.3) is 11.8 Å². The van der Waals surface area contributed by atoms with Crippen molar-refractivity contribution in [3.8, 4) is 0 Å². The number of carbonyl (C=O) groups excluding carboxylic acids is 3. The van der Waals surface area contributed by atoms with Gasteiger partial charge in [-0.05, 0) is 38.3 Å². The number of nitrogens with zero attached hydrogens (tertiary/aromatic N) is 2. The molecule has 3 unspecified atom stereocenters. The number of amides is 3. The molecule has 1 saturated heterocycles. The first kappa shape index (κ1) is 17.7. The van der Waals surface area contributed by atoms with Gasteiger partial charge in [-0.25, -0.2) is 0 Å². The molecule has 1 fully saturated rings. The quantitative estimate of drug-likeness (QED) is 0.758. The molecule has 0 radical (unpaired) electrons. The van der Waals surface area contributed by atoms with Gasteiger partial charge in [-0.1, -0.05) is 43.4 Å². The number of hydrogen-bond donors (Lipinski definition) is 0. The minimum absolute atomic E-state index is 0.0450. The molecule has 3 amide bonds. The lowest BCUT2D eigenvalue weighted by molar-refractivity contribution is -0.144. The minimum atomic E-state index is -0.386. The Bertz CT molecular complexity index is 848. The number of imide groups is 1. The standard InChI is InChI=1S/C22H24N2O3/c1-14-12-22(2,3)24(18-11-7-6-8-15(14)18)19(25)13-23-20(26)16-9-4-5-10-17(16)21(23)27/h4-11,14-15,18H,12-13H2,1-3H3. The summed E-state index contributed by atoms with van der Waals surface area (Å²) in [5.41, 5.74) is 0.409. The van der Waals surface area contributed by atoms with Gasteiger partial charge in [0.05, 0.1) is 17.2 Å². The molecule has 1 aromatic rings. The third kappa shape index (κ3) is 2.73. The number of allylic oxidation sites excluding steroid dienone is 2. The number of piperidine rings is 1. The molecule has 4 rings (SSSR count). The van der Waals surface area contributed by atoms with E-state index in [0.717, 1.165) is 11.3 Å². The van der Waals surface area contributed by atoms with Gasteiger partial charge >= 0.3 is 0 Å². The van der Waals surface area contributed by atoms with Crippen molar-refractivity contribution in [1.82, 2.24) is 9.80 Å². The average molecular weight is 364 g/mol. The molecule has 2 aliphatic heterocycles. The van der Waals surface area contributed by atoms with Gasteiger partial charge in [0.1, 0.15) is 6.54 Å². The number of rotatable bonds is 2. The molecule has 5 heteroatoms. The molecule has 0 bridgehead atoms. The predicted octanol–water partition coefficient (Wildman–Crippen LogP) is 3.04. The first-order chi connectivity index (χ1) is 12.8. The van der Waals surface area contributed by atoms with Gasteiger partial charge in [-0.3, -0.25) is 19.3 Å². The van der Waals surface area contributed by atoms with Crippen LogP contribution in [0.2, 0.25) is 0 Å². The molecule has 140 valence electrons. The summed E-state index contributed by atoms with van der Waals surface area (Å²) < 4.78 is 0. The zero-order chi connectivity index (χ0) is 19.3. The van der Waals surface area contributed by atoms with Crippen molar-refractivity contribution in [2.24, 2.45) is 11.8 Å². The van der Waals surface area contributed by atoms with E-state index in [0.29, 0.717) is 17.0 Å². The maximum absolute atomic E-state index is 13.3. The first-order valence-corrected chi connectivity index (χ1v) is 9.43. The highest BCUT2D eigenvalue weighted by Crippen LogP contribution is 2.41. The van der Waals surface area contributed by atoms with Crippen LogP contribution in [0.4, 0.5) is 0 Å². The van der Waals surface area contributed by atoms with Crippen LogP contribution in [0.3, 0.4) is 0 Å². The lowest BCUT2D eigenvalue weighted by Crippen LogP contribution is -2.62. The van der Waals surface area contributed by atoms with Crippen LogP contribution < -0.4 is 0 Å². The summed E-state index contributed by atoms with van der Waals surface area (Å²) in [4.78, 5) is 41.5. The molecule has 1 aromatic carbocycles. The fourth-order valence-electron chi connectivity index (χ4n) is 4.92. The summed E-state index contributed by atoms with van der Waals surface area (Å²) in [5.74, 6) is -0.245. The van der Waals surface area contributed by atoms with Crippen molar-refractivity contribution in [3.63, 3.8) is 0 Å². The Balaban J connectivity index is 1.61. The third-order valence-electron chi connectivity index (χ3n) is 6.02. The van der Waals surface area contributed by atoms with E-state index in [9.17, 15) is 14.4 Å². The van der Waals surface area contributed by atoms with Crippen molar-refractivity contribution in [1.29, 1.82) is 0 Å². The lowest BCUT2D eigenvalue weighted by Gasteiger charge is -2.53. The van der Waals surface area contributed by atoms with E-state index in [4.69, 9.17) is 0 Å². The maximum atomic E-state index is 13.3. The van der Waals surface area contributed by atoms with Gasteiger partial charge in [0.2, 0.25) is 5.91 Å². The van der Waals surface area contributed by atoms with Crippen LogP contribution in [0.25, 0.3) is 0 Å². The molecule has 0 saturated carbocycles. The molecule has 27 heavy (non-hydrogen) atoms. The number of fused-ring (bicyclic) bond motifs is 2. The van der Waals surface area contributed by atoms with E-state index < -0.39 is 0 Å². The SMILES string of the molecule is CC1CC(C)(C)N(C(=O)CN2C(=O)c3ccccc3C2=O)C2C=CC=CC12. The summed E-state index contributed by atoms with van der Waals surface area (Å²) >= 11 is 0. The van der Waals surface area contributed by atoms with Crippen LogP contribution in [-0.4, -0.2) is 45.6 Å². The van der Waals surface area contributed by atoms with Crippen molar-refractivity contribution < 1.29 is 14.4 Å². The topological polar surface area (TPSA) is 57.7 Å². The summed E-state index contributed by atoms with van der Waals surface area (Å²) in [6.45, 7) is 6.12. The monoisotopic (exact) mass is 364 g/mol. The smallest absolute Gasteiger partial charge is 0.262 e. The highest BCUT2D eigenvalue weighted by Gasteiger charge is 2.47. The number of likely N-dealkylation sites (tertiary alicyclic amines) is 1. The number of benzene rings is 1. The molecule has 2 heterocycles. The predicted molar refractivity (Wildman–Crippen MR) is 102 cm³/mol. The zero-order valence-corrected chi connectivity index (χ0v) is 15.9. The van der Waals surface area contributed by atoms with E-state index in [1.165, 1.54) is 0 Å². The van der Waals surface area contributed by atoms with E-state index in [2.05, 4.69) is 32.9 Å². The molecule has 1 aliphatic carbocycles. The van der Waals surface area contributed by atoms with Gasteiger partial charge in [0.15, 0.2) is 0 Å². The largest absolute Gasteiger partial charge is 0.329 e. The molecule has 3 aliphatic rings. The van der Waals surface area contributed by atoms with Gasteiger partial charge in [-0.2, -0.15) is 0 Å². The Morgan fingerprint density at radius 1 is 1.07 bits per heavy atom. The fourth-order valence-corrected chi connectivity index (χ4v) is 4.92. The second-order valence-corrected chi connectivity index (χ2v) is 8.34. The summed E-state index contributed by atoms with van der Waals surface area (Å²) in [6, 6.07) is 6.69. The molecule has 5 nitrogen and oxygen atoms in total. The van der Waals surface area contributed by atoms with E-state index in [1.54, 1.807) is 24.3 Å². The lowest BCUT2D eigenvalue weighted by atomic mass is 9.71. The maximum Gasteiger partial charge on any atom is 0.262 e. The summed E-state index contributed by atoms with van der Waals surface area (Å²) in [6.07, 6.45) is 9.09. The van der Waals surface area contributed by atoms with E-state index >= 15 is 0 Å². The fraction of sp³-hybridized carbons (Fsp3) is 0.409. The van der Waals surface area contributed by atoms with Crippen LogP contribution in [0.15, 0.2) is 48.6 Å². The Hall–Kier alpha value is -2.69. The van der Waals surface area contributed by atoms with Gasteiger partial charge in [0, 0.05) is 11.5 Å². The highest BCUT2D eigenvalue weighted by molar-refractivity contribution is 6.22. The van der Waals surface area contributed by atoms with Crippen LogP contribution in [0.1, 0.15) is 47.9 Å². The Morgan fingerprint density at radius 3 is 2.30 bits per heavy atom. The molecule has 3 atom stereocenters. The van der Waals surface area contributed by atoms with Crippen LogP contribution in [0, 0.1) is 11.8 Å². The van der Waals surface area contributed by atoms with Crippen molar-refractivity contribution in [2.45, 2.75) is 38.8 Å². The second-order valence-electron chi connectivity index (χ2n) is 8.34. The molecule has 0 spiro atoms. The first-order valence-electron chi connectivity index (χ1n) is 9.43. The number of hydrogen-bond acceptors (Lipinski definition) is 3. The second kappa shape index (κ2) is 6.19.